The molecule has 1 fully saturated rings. The predicted molar refractivity (Wildman–Crippen MR) is 78.5 cm³/mol. The van der Waals surface area contributed by atoms with Crippen molar-refractivity contribution in [1.29, 1.82) is 0 Å². The predicted octanol–water partition coefficient (Wildman–Crippen LogP) is 1.87. The summed E-state index contributed by atoms with van der Waals surface area (Å²) in [6, 6.07) is 0. The molecule has 1 amide bonds. The highest BCUT2D eigenvalue weighted by Crippen LogP contribution is 2.30. The van der Waals surface area contributed by atoms with Crippen molar-refractivity contribution in [3.8, 4) is 0 Å². The molecule has 1 rings (SSSR count). The average molecular weight is 284 g/mol. The van der Waals surface area contributed by atoms with Crippen LogP contribution in [-0.4, -0.2) is 47.1 Å². The number of nitrogens with one attached hydrogen (secondary N) is 1. The SMILES string of the molecule is CC(C)(NCC(=O)N1CCCCCC1)C(C)(C)C(=O)O. The van der Waals surface area contributed by atoms with Crippen molar-refractivity contribution < 1.29 is 14.7 Å². The summed E-state index contributed by atoms with van der Waals surface area (Å²) in [6.45, 7) is 8.86. The number of likely N-dealkylation sites (tertiary alicyclic amines) is 1. The van der Waals surface area contributed by atoms with Gasteiger partial charge in [-0.2, -0.15) is 0 Å². The van der Waals surface area contributed by atoms with Crippen LogP contribution >= 0.6 is 0 Å². The Bertz CT molecular complexity index is 356. The molecule has 0 aromatic rings. The standard InChI is InChI=1S/C15H28N2O3/c1-14(2,13(19)20)15(3,4)16-11-12(18)17-9-7-5-6-8-10-17/h16H,5-11H2,1-4H3,(H,19,20). The van der Waals surface area contributed by atoms with Gasteiger partial charge in [-0.25, -0.2) is 0 Å². The van der Waals surface area contributed by atoms with Gasteiger partial charge in [0.2, 0.25) is 5.91 Å². The quantitative estimate of drug-likeness (QED) is 0.808. The van der Waals surface area contributed by atoms with E-state index in [1.807, 2.05) is 18.7 Å². The van der Waals surface area contributed by atoms with E-state index >= 15 is 0 Å². The van der Waals surface area contributed by atoms with E-state index in [4.69, 9.17) is 0 Å². The van der Waals surface area contributed by atoms with Gasteiger partial charge in [0, 0.05) is 18.6 Å². The molecular formula is C15H28N2O3. The van der Waals surface area contributed by atoms with Gasteiger partial charge in [-0.15, -0.1) is 0 Å². The number of rotatable bonds is 5. The Morgan fingerprint density at radius 3 is 2.00 bits per heavy atom. The Labute approximate surface area is 121 Å². The number of carbonyl (C=O) groups excluding carboxylic acids is 1. The van der Waals surface area contributed by atoms with Gasteiger partial charge in [-0.1, -0.05) is 12.8 Å². The maximum atomic E-state index is 12.2. The van der Waals surface area contributed by atoms with E-state index < -0.39 is 16.9 Å². The van der Waals surface area contributed by atoms with E-state index in [9.17, 15) is 14.7 Å². The van der Waals surface area contributed by atoms with Crippen LogP contribution in [0.25, 0.3) is 0 Å². The summed E-state index contributed by atoms with van der Waals surface area (Å²) in [5.74, 6) is -0.793. The summed E-state index contributed by atoms with van der Waals surface area (Å²) in [5.41, 5.74) is -1.59. The summed E-state index contributed by atoms with van der Waals surface area (Å²) >= 11 is 0. The molecule has 20 heavy (non-hydrogen) atoms. The van der Waals surface area contributed by atoms with E-state index in [2.05, 4.69) is 5.32 Å². The minimum Gasteiger partial charge on any atom is -0.481 e. The molecule has 5 heteroatoms. The highest BCUT2D eigenvalue weighted by molar-refractivity contribution is 5.79. The van der Waals surface area contributed by atoms with Gasteiger partial charge in [-0.05, 0) is 40.5 Å². The molecule has 116 valence electrons. The molecule has 1 saturated heterocycles. The Hall–Kier alpha value is -1.10. The first kappa shape index (κ1) is 17.0. The lowest BCUT2D eigenvalue weighted by Gasteiger charge is -2.39. The number of hydrogen-bond acceptors (Lipinski definition) is 3. The van der Waals surface area contributed by atoms with E-state index in [0.29, 0.717) is 0 Å². The van der Waals surface area contributed by atoms with Gasteiger partial charge in [0.15, 0.2) is 0 Å². The van der Waals surface area contributed by atoms with Gasteiger partial charge in [0.25, 0.3) is 0 Å². The minimum absolute atomic E-state index is 0.0705. The zero-order chi connectivity index (χ0) is 15.4. The fourth-order valence-corrected chi connectivity index (χ4v) is 2.22. The second-order valence-electron chi connectivity index (χ2n) is 6.70. The summed E-state index contributed by atoms with van der Waals surface area (Å²) in [6.07, 6.45) is 4.51. The highest BCUT2D eigenvalue weighted by atomic mass is 16.4. The van der Waals surface area contributed by atoms with Crippen molar-refractivity contribution in [2.75, 3.05) is 19.6 Å². The molecule has 0 aromatic heterocycles. The number of carboxylic acids is 1. The summed E-state index contributed by atoms with van der Waals surface area (Å²) in [4.78, 5) is 25.4. The number of hydrogen-bond donors (Lipinski definition) is 2. The fraction of sp³-hybridized carbons (Fsp3) is 0.867. The lowest BCUT2D eigenvalue weighted by atomic mass is 9.74. The maximum absolute atomic E-state index is 12.2. The third-order valence-electron chi connectivity index (χ3n) is 4.74. The van der Waals surface area contributed by atoms with Gasteiger partial charge >= 0.3 is 5.97 Å². The van der Waals surface area contributed by atoms with Crippen LogP contribution in [0.15, 0.2) is 0 Å². The molecule has 0 spiro atoms. The third kappa shape index (κ3) is 3.95. The van der Waals surface area contributed by atoms with Crippen molar-refractivity contribution in [3.05, 3.63) is 0 Å². The van der Waals surface area contributed by atoms with Gasteiger partial charge in [0.1, 0.15) is 0 Å². The largest absolute Gasteiger partial charge is 0.481 e. The van der Waals surface area contributed by atoms with Crippen LogP contribution in [0.3, 0.4) is 0 Å². The maximum Gasteiger partial charge on any atom is 0.310 e. The summed E-state index contributed by atoms with van der Waals surface area (Å²) in [5, 5.41) is 12.4. The number of carboxylic acid groups (broad SMARTS) is 1. The molecule has 0 bridgehead atoms. The second-order valence-corrected chi connectivity index (χ2v) is 6.70. The Kier molecular flexibility index (Phi) is 5.57. The topological polar surface area (TPSA) is 69.6 Å². The molecular weight excluding hydrogens is 256 g/mol. The first-order chi connectivity index (χ1) is 9.18. The molecule has 5 nitrogen and oxygen atoms in total. The Morgan fingerprint density at radius 1 is 1.05 bits per heavy atom. The molecule has 0 unspecified atom stereocenters. The molecule has 1 aliphatic heterocycles. The molecule has 1 heterocycles. The van der Waals surface area contributed by atoms with Crippen LogP contribution in [-0.2, 0) is 9.59 Å². The van der Waals surface area contributed by atoms with E-state index in [1.165, 1.54) is 12.8 Å². The van der Waals surface area contributed by atoms with Crippen LogP contribution in [0.2, 0.25) is 0 Å². The molecule has 0 radical (unpaired) electrons. The molecule has 0 atom stereocenters. The van der Waals surface area contributed by atoms with E-state index in [0.717, 1.165) is 25.9 Å². The number of amides is 1. The minimum atomic E-state index is -0.938. The van der Waals surface area contributed by atoms with Crippen LogP contribution in [0.5, 0.6) is 0 Å². The van der Waals surface area contributed by atoms with Crippen molar-refractivity contribution in [3.63, 3.8) is 0 Å². The normalized spacial score (nSPS) is 17.7. The van der Waals surface area contributed by atoms with Crippen molar-refractivity contribution in [2.45, 2.75) is 58.9 Å². The fourth-order valence-electron chi connectivity index (χ4n) is 2.22. The van der Waals surface area contributed by atoms with Crippen molar-refractivity contribution in [1.82, 2.24) is 10.2 Å². The third-order valence-corrected chi connectivity index (χ3v) is 4.74. The zero-order valence-corrected chi connectivity index (χ0v) is 13.2. The van der Waals surface area contributed by atoms with Crippen LogP contribution in [0, 0.1) is 5.41 Å². The van der Waals surface area contributed by atoms with Gasteiger partial charge in [0.05, 0.1) is 12.0 Å². The number of carbonyl (C=O) groups is 2. The number of nitrogens with zero attached hydrogens (tertiary/aromatic N) is 1. The van der Waals surface area contributed by atoms with E-state index in [-0.39, 0.29) is 12.5 Å². The zero-order valence-electron chi connectivity index (χ0n) is 13.2. The number of aliphatic carboxylic acids is 1. The summed E-state index contributed by atoms with van der Waals surface area (Å²) in [7, 11) is 0. The van der Waals surface area contributed by atoms with Gasteiger partial charge < -0.3 is 15.3 Å². The molecule has 2 N–H and O–H groups in total. The summed E-state index contributed by atoms with van der Waals surface area (Å²) < 4.78 is 0. The smallest absolute Gasteiger partial charge is 0.310 e. The van der Waals surface area contributed by atoms with Crippen LogP contribution in [0.4, 0.5) is 0 Å². The molecule has 0 aromatic carbocycles. The first-order valence-corrected chi connectivity index (χ1v) is 7.45. The Balaban J connectivity index is 2.56. The van der Waals surface area contributed by atoms with Crippen LogP contribution in [0.1, 0.15) is 53.4 Å². The second kappa shape index (κ2) is 6.57. The monoisotopic (exact) mass is 284 g/mol. The highest BCUT2D eigenvalue weighted by Gasteiger charge is 2.43. The van der Waals surface area contributed by atoms with Crippen molar-refractivity contribution >= 4 is 11.9 Å². The molecule has 1 aliphatic rings. The Morgan fingerprint density at radius 2 is 1.55 bits per heavy atom. The lowest BCUT2D eigenvalue weighted by molar-refractivity contribution is -0.151. The van der Waals surface area contributed by atoms with Gasteiger partial charge in [-0.3, -0.25) is 9.59 Å². The van der Waals surface area contributed by atoms with E-state index in [1.54, 1.807) is 13.8 Å². The average Bonchev–Trinajstić information content (AvgIpc) is 2.64. The lowest BCUT2D eigenvalue weighted by Crippen LogP contribution is -2.57. The van der Waals surface area contributed by atoms with Crippen LogP contribution < -0.4 is 5.32 Å². The first-order valence-electron chi connectivity index (χ1n) is 7.45. The molecule has 0 saturated carbocycles. The van der Waals surface area contributed by atoms with Crippen molar-refractivity contribution in [2.24, 2.45) is 5.41 Å². The molecule has 0 aliphatic carbocycles.